The molecule has 0 saturated heterocycles. The molecular formula is C112H71Cl12N5O2. The fourth-order valence-electron chi connectivity index (χ4n) is 19.8. The van der Waals surface area contributed by atoms with E-state index >= 15 is 0 Å². The monoisotopic (exact) mass is 1940 g/mol. The lowest BCUT2D eigenvalue weighted by molar-refractivity contribution is 0.477. The zero-order chi connectivity index (χ0) is 90.1. The quantitative estimate of drug-likeness (QED) is 0.129. The van der Waals surface area contributed by atoms with Crippen LogP contribution in [0.2, 0.25) is 60.3 Å². The van der Waals surface area contributed by atoms with Crippen molar-refractivity contribution in [1.29, 1.82) is 0 Å². The number of para-hydroxylation sites is 8. The third kappa shape index (κ3) is 14.9. The zero-order valence-electron chi connectivity index (χ0n) is 70.2. The number of aromatic nitrogens is 3. The second-order valence-corrected chi connectivity index (χ2v) is 38.2. The van der Waals surface area contributed by atoms with E-state index in [1.807, 2.05) is 129 Å². The fourth-order valence-corrected chi connectivity index (χ4v) is 24.0. The van der Waals surface area contributed by atoms with Gasteiger partial charge in [0.1, 0.15) is 11.1 Å². The van der Waals surface area contributed by atoms with Crippen LogP contribution < -0.4 is 14.5 Å². The van der Waals surface area contributed by atoms with Gasteiger partial charge >= 0.3 is 0 Å². The van der Waals surface area contributed by atoms with Crippen LogP contribution in [0.3, 0.4) is 0 Å². The molecule has 4 aliphatic rings. The van der Waals surface area contributed by atoms with Crippen LogP contribution in [0.5, 0.6) is 11.5 Å². The maximum absolute atomic E-state index is 7.20. The Morgan fingerprint density at radius 3 is 1.12 bits per heavy atom. The van der Waals surface area contributed by atoms with Crippen LogP contribution in [0.1, 0.15) is 115 Å². The van der Waals surface area contributed by atoms with Gasteiger partial charge in [0, 0.05) is 149 Å². The molecule has 19 heteroatoms. The molecule has 0 spiro atoms. The van der Waals surface area contributed by atoms with Crippen molar-refractivity contribution in [3.63, 3.8) is 0 Å². The highest BCUT2D eigenvalue weighted by molar-refractivity contribution is 6.42. The van der Waals surface area contributed by atoms with Gasteiger partial charge in [-0.2, -0.15) is 0 Å². The summed E-state index contributed by atoms with van der Waals surface area (Å²) in [5.41, 5.74) is 32.5. The predicted octanol–water partition coefficient (Wildman–Crippen LogP) is 36.9. The molecule has 2 atom stereocenters. The zero-order valence-corrected chi connectivity index (χ0v) is 79.2. The van der Waals surface area contributed by atoms with Gasteiger partial charge in [-0.3, -0.25) is 9.97 Å². The van der Waals surface area contributed by atoms with Crippen molar-refractivity contribution in [3.05, 3.63) is 484 Å². The molecule has 15 aromatic carbocycles. The summed E-state index contributed by atoms with van der Waals surface area (Å²) < 4.78 is 15.0. The molecule has 0 fully saturated rings. The van der Waals surface area contributed by atoms with Crippen LogP contribution in [-0.4, -0.2) is 14.5 Å². The first-order valence-corrected chi connectivity index (χ1v) is 46.9. The van der Waals surface area contributed by atoms with Crippen LogP contribution in [0.15, 0.2) is 345 Å². The van der Waals surface area contributed by atoms with E-state index in [1.54, 1.807) is 0 Å². The van der Waals surface area contributed by atoms with Crippen LogP contribution >= 0.6 is 139 Å². The first-order valence-electron chi connectivity index (χ1n) is 42.3. The molecule has 0 bridgehead atoms. The van der Waals surface area contributed by atoms with Gasteiger partial charge in [0.15, 0.2) is 17.1 Å². The summed E-state index contributed by atoms with van der Waals surface area (Å²) in [5, 5.41) is 6.96. The third-order valence-corrected chi connectivity index (χ3v) is 29.1. The highest BCUT2D eigenvalue weighted by Crippen LogP contribution is 2.61. The number of pyridine rings is 2. The first kappa shape index (κ1) is 86.3. The number of furan rings is 1. The molecule has 0 saturated carbocycles. The van der Waals surface area contributed by atoms with Crippen molar-refractivity contribution < 1.29 is 9.15 Å². The Morgan fingerprint density at radius 2 is 0.672 bits per heavy atom. The van der Waals surface area contributed by atoms with E-state index in [1.165, 1.54) is 97.1 Å². The van der Waals surface area contributed by atoms with Gasteiger partial charge < -0.3 is 23.5 Å². The molecule has 7 nitrogen and oxygen atoms in total. The molecular weight excluding hydrogens is 1870 g/mol. The van der Waals surface area contributed by atoms with E-state index in [2.05, 4.69) is 238 Å². The molecule has 640 valence electrons. The average molecular weight is 1940 g/mol. The van der Waals surface area contributed by atoms with Gasteiger partial charge in [0.2, 0.25) is 0 Å². The molecule has 19 aromatic rings. The number of hydrogen-bond acceptors (Lipinski definition) is 6. The summed E-state index contributed by atoms with van der Waals surface area (Å²) in [6, 6.07) is 109. The van der Waals surface area contributed by atoms with Gasteiger partial charge in [0.05, 0.1) is 48.4 Å². The summed E-state index contributed by atoms with van der Waals surface area (Å²) in [7, 11) is 0. The lowest BCUT2D eigenvalue weighted by Crippen LogP contribution is -2.30. The molecule has 6 heterocycles. The van der Waals surface area contributed by atoms with Crippen LogP contribution in [0.25, 0.3) is 72.1 Å². The number of rotatable bonds is 11. The number of halogens is 12. The van der Waals surface area contributed by atoms with E-state index < -0.39 is 11.8 Å². The summed E-state index contributed by atoms with van der Waals surface area (Å²) >= 11 is 82.8. The second-order valence-electron chi connectivity index (χ2n) is 33.4. The number of benzene rings is 15. The minimum absolute atomic E-state index is 0.0874. The Morgan fingerprint density at radius 1 is 0.328 bits per heavy atom. The number of nitrogens with zero attached hydrogens (tertiary/aromatic N) is 5. The normalized spacial score (nSPS) is 13.5. The van der Waals surface area contributed by atoms with Crippen molar-refractivity contribution in [2.75, 3.05) is 9.80 Å². The van der Waals surface area contributed by atoms with Crippen molar-refractivity contribution in [1.82, 2.24) is 14.5 Å². The van der Waals surface area contributed by atoms with Gasteiger partial charge in [0.25, 0.3) is 0 Å². The maximum Gasteiger partial charge on any atom is 0.161 e. The molecule has 0 N–H and O–H groups in total. The van der Waals surface area contributed by atoms with E-state index in [9.17, 15) is 0 Å². The van der Waals surface area contributed by atoms with Gasteiger partial charge in [-0.25, -0.2) is 0 Å². The lowest BCUT2D eigenvalue weighted by atomic mass is 9.73. The molecule has 0 amide bonds. The smallest absolute Gasteiger partial charge is 0.161 e. The molecule has 2 aliphatic heterocycles. The molecule has 0 radical (unpaired) electrons. The van der Waals surface area contributed by atoms with Crippen molar-refractivity contribution in [3.8, 4) is 39.4 Å². The van der Waals surface area contributed by atoms with Gasteiger partial charge in [-0.1, -0.05) is 347 Å². The Hall–Kier alpha value is -11.4. The molecule has 131 heavy (non-hydrogen) atoms. The first-order chi connectivity index (χ1) is 63.6. The van der Waals surface area contributed by atoms with E-state index in [-0.39, 0.29) is 11.3 Å². The summed E-state index contributed by atoms with van der Waals surface area (Å²) in [4.78, 5) is 12.5. The number of fused-ring (bicyclic) bond motifs is 15. The highest BCUT2D eigenvalue weighted by atomic mass is 35.5. The van der Waals surface area contributed by atoms with Crippen LogP contribution in [-0.2, 0) is 5.41 Å². The third-order valence-electron chi connectivity index (χ3n) is 25.4. The second kappa shape index (κ2) is 34.9. The predicted molar refractivity (Wildman–Crippen MR) is 549 cm³/mol. The Bertz CT molecular complexity index is 7610. The fraction of sp³-hybridized carbons (Fsp3) is 0.0714. The molecule has 2 aliphatic carbocycles. The van der Waals surface area contributed by atoms with E-state index in [0.717, 1.165) is 83.9 Å². The minimum Gasteiger partial charge on any atom is -0.454 e. The summed E-state index contributed by atoms with van der Waals surface area (Å²) in [5.74, 6) is 0.168. The van der Waals surface area contributed by atoms with Crippen molar-refractivity contribution in [2.24, 2.45) is 0 Å². The average Bonchev–Trinajstić information content (AvgIpc) is 1.15. The summed E-state index contributed by atoms with van der Waals surface area (Å²) in [6.45, 7) is 8.32. The van der Waals surface area contributed by atoms with E-state index in [4.69, 9.17) is 148 Å². The summed E-state index contributed by atoms with van der Waals surface area (Å²) in [6.07, 6.45) is 6.10. The Balaban J connectivity index is 0.000000120. The Kier molecular flexibility index (Phi) is 23.0. The van der Waals surface area contributed by atoms with Gasteiger partial charge in [-0.05, 0) is 219 Å². The van der Waals surface area contributed by atoms with Crippen LogP contribution in [0, 0.1) is 13.8 Å². The SMILES string of the molecule is Cc1cc(Cl)c(C(c2c(Cl)cncc2Cl)c2c(Cl)cc(N3c4ccccc4C(C)(C)c4ccccc43)cc2Cl)c(Cl)c1.Cc1cc(Cl)c(C(c2c(Cl)cncc2Cl)c2c(Cl)cc(N3c4ccccc4Oc4ccccc43)cc2Cl)c(Cl)c1.c1ccc2c(c1)C(=C(c1ccc(-n3c4ccccc4c4oc5ccccc5c43)cc1)C1c3ccccc3-c3ccccc31)c1ccccc1-2. The number of ether oxygens (including phenoxy) is 1. The maximum atomic E-state index is 7.20. The highest BCUT2D eigenvalue weighted by Gasteiger charge is 2.41. The number of aryl methyl sites for hydroxylation is 2. The number of hydrogen-bond donors (Lipinski definition) is 0. The minimum atomic E-state index is -0.679. The van der Waals surface area contributed by atoms with Gasteiger partial charge in [-0.15, -0.1) is 0 Å². The molecule has 2 unspecified atom stereocenters. The number of anilines is 6. The Labute approximate surface area is 817 Å². The van der Waals surface area contributed by atoms with Crippen molar-refractivity contribution in [2.45, 2.75) is 50.9 Å². The standard InChI is InChI=1S/C47H29NO.C34H24Cl6N2.C31H18Cl6N2O/c1-5-17-35-31(13-1)32-14-2-6-18-36(32)44(35)43(45-37-19-7-3-15-33(37)34-16-4-8-20-38(34)45)29-25-27-30(28-26-29)48-41-23-11-9-21-39(41)47-46(48)40-22-10-12-24-42(40)49-47;1-18-12-22(35)30(23(36)13-18)33(32-26(39)16-41-17-27(32)40)31-24(37)14-19(15-25(31)38)42-28-10-6-4-8-20(28)34(2,3)21-9-5-7-11-29(21)42;1-16-10-18(32)28(19(33)11-16)31(30-22(36)14-38-15-23(30)37)29-20(34)12-17(13-21(29)35)39-24-6-2-4-8-26(24)40-27-9-5-3-7-25(27)39/h1-28,44H;4-17,33H,1-3H3;2-15,31H,1H3. The lowest BCUT2D eigenvalue weighted by Gasteiger charge is -2.42. The van der Waals surface area contributed by atoms with E-state index in [0.29, 0.717) is 105 Å². The van der Waals surface area contributed by atoms with Crippen molar-refractivity contribution >= 4 is 217 Å². The molecule has 23 rings (SSSR count). The number of allylic oxidation sites excluding steroid dienone is 1. The van der Waals surface area contributed by atoms with Crippen LogP contribution in [0.4, 0.5) is 34.1 Å². The largest absolute Gasteiger partial charge is 0.454 e. The molecule has 4 aromatic heterocycles. The topological polar surface area (TPSA) is 59.6 Å².